The SMILES string of the molecule is N#Cc1ccc(N2CCNCC23CCCCC3)cc1Br. The minimum absolute atomic E-state index is 0.282. The molecule has 3 nitrogen and oxygen atoms in total. The second kappa shape index (κ2) is 5.75. The van der Waals surface area contributed by atoms with E-state index in [1.54, 1.807) is 0 Å². The predicted molar refractivity (Wildman–Crippen MR) is 84.9 cm³/mol. The van der Waals surface area contributed by atoms with Crippen molar-refractivity contribution in [2.45, 2.75) is 37.6 Å². The molecule has 0 bridgehead atoms. The van der Waals surface area contributed by atoms with E-state index in [1.165, 1.54) is 37.8 Å². The molecule has 1 aromatic carbocycles. The van der Waals surface area contributed by atoms with Crippen LogP contribution in [0.1, 0.15) is 37.7 Å². The fraction of sp³-hybridized carbons (Fsp3) is 0.562. The average molecular weight is 334 g/mol. The lowest BCUT2D eigenvalue weighted by molar-refractivity contribution is 0.241. The van der Waals surface area contributed by atoms with Gasteiger partial charge in [-0.05, 0) is 47.0 Å². The monoisotopic (exact) mass is 333 g/mol. The molecule has 1 saturated carbocycles. The molecular weight excluding hydrogens is 314 g/mol. The van der Waals surface area contributed by atoms with Gasteiger partial charge in [0.05, 0.1) is 11.1 Å². The number of hydrogen-bond acceptors (Lipinski definition) is 3. The second-order valence-corrected chi connectivity index (χ2v) is 6.74. The molecule has 20 heavy (non-hydrogen) atoms. The molecule has 3 rings (SSSR count). The number of hydrogen-bond donors (Lipinski definition) is 1. The van der Waals surface area contributed by atoms with Crippen LogP contribution >= 0.6 is 15.9 Å². The van der Waals surface area contributed by atoms with Crippen LogP contribution in [0.4, 0.5) is 5.69 Å². The molecule has 2 aliphatic rings. The lowest BCUT2D eigenvalue weighted by atomic mass is 9.78. The summed E-state index contributed by atoms with van der Waals surface area (Å²) >= 11 is 3.52. The first-order valence-electron chi connectivity index (χ1n) is 7.43. The summed E-state index contributed by atoms with van der Waals surface area (Å²) in [6.45, 7) is 3.18. The summed E-state index contributed by atoms with van der Waals surface area (Å²) in [6.07, 6.45) is 6.58. The van der Waals surface area contributed by atoms with Crippen LogP contribution in [0.3, 0.4) is 0 Å². The molecule has 0 radical (unpaired) electrons. The molecular formula is C16H20BrN3. The summed E-state index contributed by atoms with van der Waals surface area (Å²) < 4.78 is 0.905. The van der Waals surface area contributed by atoms with Crippen molar-refractivity contribution in [1.82, 2.24) is 5.32 Å². The second-order valence-electron chi connectivity index (χ2n) is 5.89. The Morgan fingerprint density at radius 3 is 2.75 bits per heavy atom. The molecule has 0 unspecified atom stereocenters. The lowest BCUT2D eigenvalue weighted by Gasteiger charge is -2.51. The first-order chi connectivity index (χ1) is 9.75. The van der Waals surface area contributed by atoms with Crippen LogP contribution in [0.5, 0.6) is 0 Å². The van der Waals surface area contributed by atoms with E-state index in [0.29, 0.717) is 5.56 Å². The van der Waals surface area contributed by atoms with E-state index in [1.807, 2.05) is 6.07 Å². The van der Waals surface area contributed by atoms with Crippen LogP contribution < -0.4 is 10.2 Å². The fourth-order valence-electron chi connectivity index (χ4n) is 3.67. The molecule has 0 atom stereocenters. The number of benzene rings is 1. The van der Waals surface area contributed by atoms with E-state index in [9.17, 15) is 0 Å². The summed E-state index contributed by atoms with van der Waals surface area (Å²) in [5, 5.41) is 12.6. The van der Waals surface area contributed by atoms with E-state index in [2.05, 4.69) is 44.3 Å². The van der Waals surface area contributed by atoms with Crippen LogP contribution in [-0.2, 0) is 0 Å². The summed E-state index contributed by atoms with van der Waals surface area (Å²) in [5.41, 5.74) is 2.24. The van der Waals surface area contributed by atoms with Gasteiger partial charge in [-0.2, -0.15) is 5.26 Å². The van der Waals surface area contributed by atoms with Crippen molar-refractivity contribution >= 4 is 21.6 Å². The summed E-state index contributed by atoms with van der Waals surface area (Å²) in [4.78, 5) is 2.58. The Bertz CT molecular complexity index is 521. The Balaban J connectivity index is 1.93. The minimum Gasteiger partial charge on any atom is -0.363 e. The van der Waals surface area contributed by atoms with Gasteiger partial charge in [0.15, 0.2) is 0 Å². The van der Waals surface area contributed by atoms with Gasteiger partial charge in [0.1, 0.15) is 6.07 Å². The molecule has 1 spiro atoms. The predicted octanol–water partition coefficient (Wildman–Crippen LogP) is 3.43. The zero-order valence-corrected chi connectivity index (χ0v) is 13.2. The van der Waals surface area contributed by atoms with Gasteiger partial charge in [-0.25, -0.2) is 0 Å². The van der Waals surface area contributed by atoms with Gasteiger partial charge >= 0.3 is 0 Å². The first-order valence-corrected chi connectivity index (χ1v) is 8.22. The van der Waals surface area contributed by atoms with Crippen molar-refractivity contribution in [1.29, 1.82) is 5.26 Å². The molecule has 1 aromatic rings. The average Bonchev–Trinajstić information content (AvgIpc) is 2.48. The molecule has 1 heterocycles. The van der Waals surface area contributed by atoms with Gasteiger partial charge in [-0.1, -0.05) is 19.3 Å². The van der Waals surface area contributed by atoms with Crippen molar-refractivity contribution in [3.63, 3.8) is 0 Å². The standard InChI is InChI=1S/C16H20BrN3/c17-15-10-14(5-4-13(15)11-18)20-9-8-19-12-16(20)6-2-1-3-7-16/h4-5,10,19H,1-3,6-9,12H2. The largest absolute Gasteiger partial charge is 0.363 e. The maximum atomic E-state index is 9.06. The zero-order chi connectivity index (χ0) is 14.0. The zero-order valence-electron chi connectivity index (χ0n) is 11.7. The van der Waals surface area contributed by atoms with Crippen molar-refractivity contribution in [2.24, 2.45) is 0 Å². The number of piperazine rings is 1. The van der Waals surface area contributed by atoms with Crippen molar-refractivity contribution in [3.8, 4) is 6.07 Å². The normalized spacial score (nSPS) is 21.7. The minimum atomic E-state index is 0.282. The van der Waals surface area contributed by atoms with Gasteiger partial charge in [0.25, 0.3) is 0 Å². The molecule has 106 valence electrons. The maximum Gasteiger partial charge on any atom is 0.100 e. The highest BCUT2D eigenvalue weighted by molar-refractivity contribution is 9.10. The van der Waals surface area contributed by atoms with Crippen LogP contribution in [-0.4, -0.2) is 25.2 Å². The third kappa shape index (κ3) is 2.45. The number of rotatable bonds is 1. The Labute approximate surface area is 129 Å². The lowest BCUT2D eigenvalue weighted by Crippen LogP contribution is -2.62. The highest BCUT2D eigenvalue weighted by atomic mass is 79.9. The molecule has 0 amide bonds. The van der Waals surface area contributed by atoms with Crippen molar-refractivity contribution < 1.29 is 0 Å². The molecule has 0 aromatic heterocycles. The molecule has 1 aliphatic carbocycles. The molecule has 4 heteroatoms. The third-order valence-electron chi connectivity index (χ3n) is 4.71. The van der Waals surface area contributed by atoms with E-state index < -0.39 is 0 Å². The quantitative estimate of drug-likeness (QED) is 0.855. The Morgan fingerprint density at radius 2 is 2.05 bits per heavy atom. The Kier molecular flexibility index (Phi) is 4.00. The van der Waals surface area contributed by atoms with Crippen LogP contribution in [0.15, 0.2) is 22.7 Å². The topological polar surface area (TPSA) is 39.1 Å². The van der Waals surface area contributed by atoms with Crippen molar-refractivity contribution in [2.75, 3.05) is 24.5 Å². The Morgan fingerprint density at radius 1 is 1.25 bits per heavy atom. The summed E-state index contributed by atoms with van der Waals surface area (Å²) in [6, 6.07) is 8.36. The number of anilines is 1. The summed E-state index contributed by atoms with van der Waals surface area (Å²) in [5.74, 6) is 0. The van der Waals surface area contributed by atoms with Gasteiger partial charge < -0.3 is 10.2 Å². The van der Waals surface area contributed by atoms with Crippen molar-refractivity contribution in [3.05, 3.63) is 28.2 Å². The summed E-state index contributed by atoms with van der Waals surface area (Å²) in [7, 11) is 0. The number of nitrogens with zero attached hydrogens (tertiary/aromatic N) is 2. The maximum absolute atomic E-state index is 9.06. The van der Waals surface area contributed by atoms with Crippen LogP contribution in [0.2, 0.25) is 0 Å². The first kappa shape index (κ1) is 13.9. The Hall–Kier alpha value is -1.05. The fourth-order valence-corrected chi connectivity index (χ4v) is 4.12. The molecule has 1 saturated heterocycles. The van der Waals surface area contributed by atoms with Gasteiger partial charge in [0.2, 0.25) is 0 Å². The van der Waals surface area contributed by atoms with E-state index >= 15 is 0 Å². The molecule has 1 aliphatic heterocycles. The highest BCUT2D eigenvalue weighted by Gasteiger charge is 2.39. The van der Waals surface area contributed by atoms with E-state index in [0.717, 1.165) is 24.1 Å². The van der Waals surface area contributed by atoms with E-state index in [-0.39, 0.29) is 5.54 Å². The van der Waals surface area contributed by atoms with Crippen LogP contribution in [0, 0.1) is 11.3 Å². The van der Waals surface area contributed by atoms with Gasteiger partial charge in [0, 0.05) is 29.8 Å². The van der Waals surface area contributed by atoms with Gasteiger partial charge in [-0.3, -0.25) is 0 Å². The van der Waals surface area contributed by atoms with Gasteiger partial charge in [-0.15, -0.1) is 0 Å². The van der Waals surface area contributed by atoms with E-state index in [4.69, 9.17) is 5.26 Å². The molecule has 1 N–H and O–H groups in total. The molecule has 2 fully saturated rings. The third-order valence-corrected chi connectivity index (χ3v) is 5.36. The number of nitrogens with one attached hydrogen (secondary N) is 1. The number of halogens is 1. The highest BCUT2D eigenvalue weighted by Crippen LogP contribution is 2.38. The number of nitriles is 1. The van der Waals surface area contributed by atoms with Crippen LogP contribution in [0.25, 0.3) is 0 Å². The smallest absolute Gasteiger partial charge is 0.100 e.